The zero-order chi connectivity index (χ0) is 18.5. The van der Waals surface area contributed by atoms with Gasteiger partial charge in [-0.05, 0) is 18.2 Å². The molecule has 1 aliphatic heterocycles. The molecule has 0 unspecified atom stereocenters. The number of fused-ring (bicyclic) bond motifs is 5. The van der Waals surface area contributed by atoms with E-state index >= 15 is 0 Å². The lowest BCUT2D eigenvalue weighted by atomic mass is 9.84. The van der Waals surface area contributed by atoms with Crippen LogP contribution >= 0.6 is 81.2 Å². The predicted octanol–water partition coefficient (Wildman–Crippen LogP) is 5.29. The summed E-state index contributed by atoms with van der Waals surface area (Å²) in [5, 5.41) is 0.120. The van der Waals surface area contributed by atoms with Crippen LogP contribution in [0.2, 0.25) is 5.02 Å². The van der Waals surface area contributed by atoms with Crippen LogP contribution in [0, 0.1) is 11.8 Å². The van der Waals surface area contributed by atoms with E-state index in [1.807, 2.05) is 0 Å². The quantitative estimate of drug-likeness (QED) is 0.405. The van der Waals surface area contributed by atoms with Crippen LogP contribution < -0.4 is 4.90 Å². The fourth-order valence-corrected chi connectivity index (χ4v) is 6.98. The molecule has 1 saturated heterocycles. The molecule has 25 heavy (non-hydrogen) atoms. The number of amides is 2. The third kappa shape index (κ3) is 1.84. The van der Waals surface area contributed by atoms with Crippen molar-refractivity contribution in [3.05, 3.63) is 39.4 Å². The van der Waals surface area contributed by atoms with Crippen LogP contribution in [-0.2, 0) is 9.59 Å². The molecular formula is C15H6Cl7NO2. The van der Waals surface area contributed by atoms with Crippen molar-refractivity contribution < 1.29 is 9.59 Å². The molecule has 1 aromatic rings. The molecule has 0 radical (unpaired) electrons. The second-order valence-electron chi connectivity index (χ2n) is 6.07. The topological polar surface area (TPSA) is 37.4 Å². The van der Waals surface area contributed by atoms with Gasteiger partial charge in [-0.3, -0.25) is 9.59 Å². The van der Waals surface area contributed by atoms with Gasteiger partial charge in [0.25, 0.3) is 0 Å². The minimum atomic E-state index is -1.93. The highest BCUT2D eigenvalue weighted by atomic mass is 35.5. The Morgan fingerprint density at radius 2 is 1.32 bits per heavy atom. The number of anilines is 1. The first-order valence-corrected chi connectivity index (χ1v) is 9.61. The van der Waals surface area contributed by atoms with Gasteiger partial charge in [-0.2, -0.15) is 0 Å². The van der Waals surface area contributed by atoms with Gasteiger partial charge >= 0.3 is 0 Å². The highest BCUT2D eigenvalue weighted by molar-refractivity contribution is 6.67. The molecule has 132 valence electrons. The van der Waals surface area contributed by atoms with Gasteiger partial charge in [0, 0.05) is 5.02 Å². The number of hydrogen-bond acceptors (Lipinski definition) is 2. The second-order valence-corrected chi connectivity index (χ2v) is 9.79. The zero-order valence-electron chi connectivity index (χ0n) is 11.9. The first-order chi connectivity index (χ1) is 11.5. The second kappa shape index (κ2) is 5.35. The van der Waals surface area contributed by atoms with E-state index in [0.29, 0.717) is 10.7 Å². The fourth-order valence-electron chi connectivity index (χ4n) is 3.86. The third-order valence-corrected chi connectivity index (χ3v) is 9.47. The molecule has 0 spiro atoms. The molecule has 0 aromatic heterocycles. The van der Waals surface area contributed by atoms with E-state index in [2.05, 4.69) is 0 Å². The molecule has 1 saturated carbocycles. The molecule has 4 rings (SSSR count). The molecule has 2 fully saturated rings. The van der Waals surface area contributed by atoms with E-state index in [4.69, 9.17) is 81.2 Å². The van der Waals surface area contributed by atoms with Gasteiger partial charge in [0.1, 0.15) is 9.75 Å². The summed E-state index contributed by atoms with van der Waals surface area (Å²) in [5.74, 6) is -3.52. The van der Waals surface area contributed by atoms with Crippen molar-refractivity contribution in [3.8, 4) is 0 Å². The number of halogens is 7. The molecule has 3 nitrogen and oxygen atoms in total. The van der Waals surface area contributed by atoms with E-state index in [0.717, 1.165) is 4.90 Å². The number of carbonyl (C=O) groups is 2. The van der Waals surface area contributed by atoms with Crippen LogP contribution in [0.25, 0.3) is 0 Å². The van der Waals surface area contributed by atoms with Crippen LogP contribution in [0.5, 0.6) is 0 Å². The summed E-state index contributed by atoms with van der Waals surface area (Å²) >= 11 is 44.5. The maximum atomic E-state index is 13.1. The summed E-state index contributed by atoms with van der Waals surface area (Å²) in [6.45, 7) is 0. The number of imide groups is 1. The van der Waals surface area contributed by atoms with Gasteiger partial charge in [0.15, 0.2) is 4.33 Å². The summed E-state index contributed by atoms with van der Waals surface area (Å²) in [6.07, 6.45) is 0. The van der Waals surface area contributed by atoms with Crippen molar-refractivity contribution in [2.75, 3.05) is 4.90 Å². The van der Waals surface area contributed by atoms with Gasteiger partial charge in [-0.1, -0.05) is 64.1 Å². The number of nitrogens with zero attached hydrogens (tertiary/aromatic N) is 1. The monoisotopic (exact) mass is 477 g/mol. The maximum Gasteiger partial charge on any atom is 0.240 e. The Balaban J connectivity index is 1.92. The lowest BCUT2D eigenvalue weighted by Crippen LogP contribution is -2.50. The smallest absolute Gasteiger partial charge is 0.240 e. The largest absolute Gasteiger partial charge is 0.274 e. The van der Waals surface area contributed by atoms with Crippen LogP contribution in [0.1, 0.15) is 0 Å². The number of carbonyl (C=O) groups excluding carboxylic acids is 2. The Hall–Kier alpha value is 0.130. The minimum Gasteiger partial charge on any atom is -0.274 e. The number of alkyl halides is 4. The summed E-state index contributed by atoms with van der Waals surface area (Å²) in [5.41, 5.74) is 0.291. The maximum absolute atomic E-state index is 13.1. The molecule has 4 atom stereocenters. The Labute approximate surface area is 177 Å². The molecule has 10 heteroatoms. The van der Waals surface area contributed by atoms with E-state index in [-0.39, 0.29) is 10.1 Å². The average Bonchev–Trinajstić information content (AvgIpc) is 2.92. The summed E-state index contributed by atoms with van der Waals surface area (Å²) in [6, 6.07) is 6.27. The summed E-state index contributed by atoms with van der Waals surface area (Å²) < 4.78 is -1.93. The van der Waals surface area contributed by atoms with Crippen LogP contribution in [-0.4, -0.2) is 25.9 Å². The van der Waals surface area contributed by atoms with Gasteiger partial charge in [-0.25, -0.2) is 4.90 Å². The van der Waals surface area contributed by atoms with Crippen LogP contribution in [0.3, 0.4) is 0 Å². The first-order valence-electron chi connectivity index (χ1n) is 6.96. The average molecular weight is 480 g/mol. The van der Waals surface area contributed by atoms with E-state index in [9.17, 15) is 9.59 Å². The fraction of sp³-hybridized carbons (Fsp3) is 0.333. The van der Waals surface area contributed by atoms with E-state index < -0.39 is 37.7 Å². The standard InChI is InChI=1S/C15H6Cl7NO2/c16-5-2-1-3-6(4-5)23-11(24)7-8(12(23)25)14(20)10(18)9(17)13(7,19)15(14,21)22/h1-4,7-8H/t7-,8+,13-,14-/m0/s1. The molecule has 3 aliphatic rings. The van der Waals surface area contributed by atoms with Crippen LogP contribution in [0.15, 0.2) is 34.3 Å². The predicted molar refractivity (Wildman–Crippen MR) is 101 cm³/mol. The van der Waals surface area contributed by atoms with Crippen molar-refractivity contribution in [3.63, 3.8) is 0 Å². The molecule has 0 N–H and O–H groups in total. The van der Waals surface area contributed by atoms with E-state index in [1.54, 1.807) is 18.2 Å². The molecule has 2 bridgehead atoms. The van der Waals surface area contributed by atoms with E-state index in [1.165, 1.54) is 6.07 Å². The molecular weight excluding hydrogens is 474 g/mol. The van der Waals surface area contributed by atoms with Crippen LogP contribution in [0.4, 0.5) is 5.69 Å². The summed E-state index contributed by atoms with van der Waals surface area (Å²) in [7, 11) is 0. The molecule has 2 aliphatic carbocycles. The Morgan fingerprint density at radius 1 is 0.840 bits per heavy atom. The molecule has 1 aromatic carbocycles. The highest BCUT2D eigenvalue weighted by Crippen LogP contribution is 2.77. The molecule has 1 heterocycles. The highest BCUT2D eigenvalue weighted by Gasteiger charge is 2.87. The first kappa shape index (κ1) is 18.5. The van der Waals surface area contributed by atoms with Gasteiger partial charge < -0.3 is 0 Å². The number of rotatable bonds is 1. The Bertz CT molecular complexity index is 838. The lowest BCUT2D eigenvalue weighted by molar-refractivity contribution is -0.123. The SMILES string of the molecule is O=C1[C@@H]2[C@H](C(=O)N1c1cccc(Cl)c1)[C@]1(Cl)C(Cl)=C(Cl)[C@]2(Cl)C1(Cl)Cl. The number of hydrogen-bond donors (Lipinski definition) is 0. The third-order valence-electron chi connectivity index (χ3n) is 4.98. The Morgan fingerprint density at radius 3 is 1.76 bits per heavy atom. The minimum absolute atomic E-state index is 0.119. The number of benzene rings is 1. The molecule has 2 amide bonds. The van der Waals surface area contributed by atoms with Crippen molar-refractivity contribution >= 4 is 98.7 Å². The van der Waals surface area contributed by atoms with Crippen molar-refractivity contribution in [2.45, 2.75) is 14.1 Å². The van der Waals surface area contributed by atoms with Gasteiger partial charge in [0.2, 0.25) is 11.8 Å². The van der Waals surface area contributed by atoms with Crippen molar-refractivity contribution in [1.82, 2.24) is 0 Å². The zero-order valence-corrected chi connectivity index (χ0v) is 17.2. The lowest BCUT2D eigenvalue weighted by Gasteiger charge is -2.34. The van der Waals surface area contributed by atoms with Gasteiger partial charge in [0.05, 0.1) is 27.6 Å². The Kier molecular flexibility index (Phi) is 3.96. The normalized spacial score (nSPS) is 38.8. The summed E-state index contributed by atoms with van der Waals surface area (Å²) in [4.78, 5) is 23.5. The van der Waals surface area contributed by atoms with Gasteiger partial charge in [-0.15, -0.1) is 23.2 Å². The van der Waals surface area contributed by atoms with Crippen molar-refractivity contribution in [1.29, 1.82) is 0 Å². The number of allylic oxidation sites excluding steroid dienone is 2. The van der Waals surface area contributed by atoms with Crippen molar-refractivity contribution in [2.24, 2.45) is 11.8 Å².